The second-order valence-electron chi connectivity index (χ2n) is 6.74. The minimum Gasteiger partial charge on any atom is -0.297 e. The molecule has 0 unspecified atom stereocenters. The van der Waals surface area contributed by atoms with Gasteiger partial charge < -0.3 is 0 Å². The normalized spacial score (nSPS) is 16.1. The summed E-state index contributed by atoms with van der Waals surface area (Å²) in [4.78, 5) is 6.53. The number of hydrogen-bond donors (Lipinski definition) is 0. The number of aromatic nitrogens is 7. The summed E-state index contributed by atoms with van der Waals surface area (Å²) in [6.07, 6.45) is 7.25. The molecule has 0 radical (unpaired) electrons. The largest absolute Gasteiger partial charge is 0.297 e. The number of likely N-dealkylation sites (tertiary alicyclic amines) is 1. The smallest absolute Gasteiger partial charge is 0.177 e. The van der Waals surface area contributed by atoms with Crippen LogP contribution in [0.25, 0.3) is 16.9 Å². The van der Waals surface area contributed by atoms with Gasteiger partial charge in [-0.15, -0.1) is 10.2 Å². The predicted octanol–water partition coefficient (Wildman–Crippen LogP) is 1.95. The molecule has 1 aliphatic heterocycles. The van der Waals surface area contributed by atoms with E-state index in [9.17, 15) is 0 Å². The van der Waals surface area contributed by atoms with E-state index >= 15 is 0 Å². The minimum atomic E-state index is 0.336. The summed E-state index contributed by atoms with van der Waals surface area (Å²) in [6, 6.07) is 7.83. The molecular weight excluding hydrogens is 344 g/mol. The van der Waals surface area contributed by atoms with Crippen molar-refractivity contribution in [2.45, 2.75) is 25.3 Å². The highest BCUT2D eigenvalue weighted by molar-refractivity contribution is 5.58. The first-order chi connectivity index (χ1) is 13.4. The third-order valence-corrected chi connectivity index (χ3v) is 4.99. The molecule has 136 valence electrons. The molecule has 0 aliphatic carbocycles. The van der Waals surface area contributed by atoms with Crippen molar-refractivity contribution in [1.82, 2.24) is 40.0 Å². The Labute approximate surface area is 155 Å². The average Bonchev–Trinajstić information content (AvgIpc) is 3.39. The van der Waals surface area contributed by atoms with Gasteiger partial charge in [-0.1, -0.05) is 10.3 Å². The molecule has 4 aromatic heterocycles. The van der Waals surface area contributed by atoms with Crippen molar-refractivity contribution >= 4 is 5.65 Å². The Hall–Kier alpha value is -3.20. The summed E-state index contributed by atoms with van der Waals surface area (Å²) in [5, 5.41) is 21.1. The van der Waals surface area contributed by atoms with E-state index < -0.39 is 0 Å². The molecule has 5 heterocycles. The van der Waals surface area contributed by atoms with Crippen LogP contribution in [0.4, 0.5) is 0 Å². The van der Waals surface area contributed by atoms with Crippen LogP contribution >= 0.6 is 0 Å². The number of hydrogen-bond acceptors (Lipinski definition) is 8. The molecular formula is C18H18N8O. The van der Waals surface area contributed by atoms with Crippen LogP contribution in [-0.4, -0.2) is 53.1 Å². The maximum atomic E-state index is 4.77. The molecule has 0 bridgehead atoms. The van der Waals surface area contributed by atoms with E-state index in [0.29, 0.717) is 5.92 Å². The van der Waals surface area contributed by atoms with E-state index in [1.54, 1.807) is 12.4 Å². The van der Waals surface area contributed by atoms with Gasteiger partial charge in [-0.05, 0) is 50.2 Å². The number of pyridine rings is 1. The van der Waals surface area contributed by atoms with E-state index in [0.717, 1.165) is 60.9 Å². The summed E-state index contributed by atoms with van der Waals surface area (Å²) in [5.41, 5.74) is 3.49. The molecule has 0 N–H and O–H groups in total. The van der Waals surface area contributed by atoms with Gasteiger partial charge >= 0.3 is 0 Å². The minimum absolute atomic E-state index is 0.336. The first kappa shape index (κ1) is 16.0. The number of rotatable bonds is 4. The van der Waals surface area contributed by atoms with E-state index in [2.05, 4.69) is 35.0 Å². The Morgan fingerprint density at radius 2 is 2.00 bits per heavy atom. The monoisotopic (exact) mass is 362 g/mol. The number of fused-ring (bicyclic) bond motifs is 1. The van der Waals surface area contributed by atoms with Gasteiger partial charge in [0.15, 0.2) is 11.5 Å². The van der Waals surface area contributed by atoms with E-state index in [1.807, 2.05) is 35.0 Å². The molecule has 1 fully saturated rings. The van der Waals surface area contributed by atoms with Gasteiger partial charge in [-0.2, -0.15) is 9.61 Å². The Morgan fingerprint density at radius 1 is 1.07 bits per heavy atom. The molecule has 1 saturated heterocycles. The summed E-state index contributed by atoms with van der Waals surface area (Å²) in [6.45, 7) is 2.70. The molecule has 0 amide bonds. The van der Waals surface area contributed by atoms with Crippen LogP contribution in [0.1, 0.15) is 30.3 Å². The first-order valence-electron chi connectivity index (χ1n) is 8.98. The van der Waals surface area contributed by atoms with Crippen molar-refractivity contribution in [3.8, 4) is 11.3 Å². The molecule has 0 saturated carbocycles. The summed E-state index contributed by atoms with van der Waals surface area (Å²) >= 11 is 0. The van der Waals surface area contributed by atoms with E-state index in [4.69, 9.17) is 5.10 Å². The summed E-state index contributed by atoms with van der Waals surface area (Å²) in [5.74, 6) is 1.27. The molecule has 0 spiro atoms. The van der Waals surface area contributed by atoms with Gasteiger partial charge in [0.1, 0.15) is 5.69 Å². The summed E-state index contributed by atoms with van der Waals surface area (Å²) in [7, 11) is 0. The fourth-order valence-electron chi connectivity index (χ4n) is 3.56. The van der Waals surface area contributed by atoms with Crippen LogP contribution in [0.15, 0.2) is 47.5 Å². The van der Waals surface area contributed by atoms with E-state index in [1.165, 1.54) is 0 Å². The highest BCUT2D eigenvalue weighted by Gasteiger charge is 2.25. The molecule has 5 rings (SSSR count). The van der Waals surface area contributed by atoms with Crippen molar-refractivity contribution in [1.29, 1.82) is 0 Å². The predicted molar refractivity (Wildman–Crippen MR) is 95.6 cm³/mol. The summed E-state index contributed by atoms with van der Waals surface area (Å²) < 4.78 is 6.55. The molecule has 1 aliphatic rings. The second-order valence-corrected chi connectivity index (χ2v) is 6.74. The quantitative estimate of drug-likeness (QED) is 0.543. The first-order valence-corrected chi connectivity index (χ1v) is 8.98. The van der Waals surface area contributed by atoms with Crippen molar-refractivity contribution in [3.05, 3.63) is 54.4 Å². The lowest BCUT2D eigenvalue weighted by molar-refractivity contribution is 0.194. The lowest BCUT2D eigenvalue weighted by Gasteiger charge is -2.30. The van der Waals surface area contributed by atoms with Crippen LogP contribution in [0, 0.1) is 0 Å². The Balaban J connectivity index is 1.36. The number of nitrogens with zero attached hydrogens (tertiary/aromatic N) is 8. The SMILES string of the molecule is c1cncc(-c2ccc3nnc(C4CCN(Cc5cnon5)CC4)n3n2)c1. The molecule has 0 aromatic carbocycles. The van der Waals surface area contributed by atoms with Gasteiger partial charge in [-0.25, -0.2) is 4.63 Å². The Morgan fingerprint density at radius 3 is 2.78 bits per heavy atom. The third kappa shape index (κ3) is 3.17. The van der Waals surface area contributed by atoms with E-state index in [-0.39, 0.29) is 0 Å². The van der Waals surface area contributed by atoms with Gasteiger partial charge in [0, 0.05) is 30.4 Å². The zero-order valence-electron chi connectivity index (χ0n) is 14.6. The molecule has 9 heteroatoms. The van der Waals surface area contributed by atoms with Crippen LogP contribution < -0.4 is 0 Å². The maximum absolute atomic E-state index is 4.77. The Bertz CT molecular complexity index is 1020. The fourth-order valence-corrected chi connectivity index (χ4v) is 3.56. The van der Waals surface area contributed by atoms with Gasteiger partial charge in [0.05, 0.1) is 11.9 Å². The Kier molecular flexibility index (Phi) is 4.06. The third-order valence-electron chi connectivity index (χ3n) is 4.99. The molecule has 27 heavy (non-hydrogen) atoms. The molecule has 4 aromatic rings. The lowest BCUT2D eigenvalue weighted by Crippen LogP contribution is -2.33. The van der Waals surface area contributed by atoms with Gasteiger partial charge in [-0.3, -0.25) is 9.88 Å². The number of piperidine rings is 1. The lowest BCUT2D eigenvalue weighted by atomic mass is 9.96. The fraction of sp³-hybridized carbons (Fsp3) is 0.333. The van der Waals surface area contributed by atoms with Crippen LogP contribution in [-0.2, 0) is 6.54 Å². The standard InChI is InChI=1S/C18H18N8O/c1-2-14(10-19-7-1)16-3-4-17-21-22-18(26(17)23-16)13-5-8-25(9-6-13)12-15-11-20-27-24-15/h1-4,7,10-11,13H,5-6,8-9,12H2. The van der Waals surface area contributed by atoms with Crippen molar-refractivity contribution < 1.29 is 4.63 Å². The second kappa shape index (κ2) is 6.84. The van der Waals surface area contributed by atoms with Gasteiger partial charge in [0.2, 0.25) is 0 Å². The van der Waals surface area contributed by atoms with Crippen molar-refractivity contribution in [3.63, 3.8) is 0 Å². The average molecular weight is 362 g/mol. The van der Waals surface area contributed by atoms with Crippen molar-refractivity contribution in [2.24, 2.45) is 0 Å². The van der Waals surface area contributed by atoms with Gasteiger partial charge in [0.25, 0.3) is 0 Å². The highest BCUT2D eigenvalue weighted by atomic mass is 16.6. The molecule has 9 nitrogen and oxygen atoms in total. The van der Waals surface area contributed by atoms with Crippen molar-refractivity contribution in [2.75, 3.05) is 13.1 Å². The molecule has 0 atom stereocenters. The van der Waals surface area contributed by atoms with Crippen LogP contribution in [0.5, 0.6) is 0 Å². The topological polar surface area (TPSA) is 98.1 Å². The zero-order valence-corrected chi connectivity index (χ0v) is 14.6. The highest BCUT2D eigenvalue weighted by Crippen LogP contribution is 2.28. The zero-order chi connectivity index (χ0) is 18.1. The van der Waals surface area contributed by atoms with Crippen LogP contribution in [0.2, 0.25) is 0 Å². The maximum Gasteiger partial charge on any atom is 0.177 e. The van der Waals surface area contributed by atoms with Crippen LogP contribution in [0.3, 0.4) is 0 Å².